The second-order valence-electron chi connectivity index (χ2n) is 5.79. The third kappa shape index (κ3) is 3.64. The fourth-order valence-electron chi connectivity index (χ4n) is 2.63. The quantitative estimate of drug-likeness (QED) is 0.747. The summed E-state index contributed by atoms with van der Waals surface area (Å²) in [6, 6.07) is 13.1. The van der Waals surface area contributed by atoms with Crippen LogP contribution in [-0.4, -0.2) is 40.7 Å². The number of aromatic nitrogens is 3. The van der Waals surface area contributed by atoms with Crippen molar-refractivity contribution in [2.45, 2.75) is 6.61 Å². The third-order valence-electron chi connectivity index (χ3n) is 3.94. The Morgan fingerprint density at radius 1 is 1.19 bits per heavy atom. The number of hydrogen-bond donors (Lipinski definition) is 1. The molecule has 1 aliphatic rings. The molecular weight excluding hydrogens is 334 g/mol. The number of pyridine rings is 1. The standard InChI is InChI=1S/C18H17N5O3/c24-17-11-23(9-8-19-17)16-7-6-13(10-20-16)18-21-15(22-26-18)12-25-14-4-2-1-3-5-14/h1-7,10H,8-9,11-12H2,(H,19,24). The van der Waals surface area contributed by atoms with Crippen LogP contribution in [0.4, 0.5) is 5.82 Å². The van der Waals surface area contributed by atoms with Gasteiger partial charge in [-0.15, -0.1) is 0 Å². The van der Waals surface area contributed by atoms with Crippen LogP contribution in [0, 0.1) is 0 Å². The average Bonchev–Trinajstić information content (AvgIpc) is 3.16. The summed E-state index contributed by atoms with van der Waals surface area (Å²) >= 11 is 0. The van der Waals surface area contributed by atoms with E-state index in [4.69, 9.17) is 9.26 Å². The van der Waals surface area contributed by atoms with Crippen LogP contribution in [0.5, 0.6) is 5.75 Å². The predicted octanol–water partition coefficient (Wildman–Crippen LogP) is 1.65. The molecule has 1 fully saturated rings. The molecule has 3 heterocycles. The van der Waals surface area contributed by atoms with Gasteiger partial charge in [-0.2, -0.15) is 4.98 Å². The molecule has 1 amide bonds. The number of benzene rings is 1. The van der Waals surface area contributed by atoms with Gasteiger partial charge in [-0.05, 0) is 24.3 Å². The lowest BCUT2D eigenvalue weighted by Gasteiger charge is -2.27. The number of rotatable bonds is 5. The maximum atomic E-state index is 11.5. The summed E-state index contributed by atoms with van der Waals surface area (Å²) in [6.45, 7) is 1.89. The van der Waals surface area contributed by atoms with E-state index in [2.05, 4.69) is 20.4 Å². The van der Waals surface area contributed by atoms with Gasteiger partial charge in [0.15, 0.2) is 6.61 Å². The maximum absolute atomic E-state index is 11.5. The van der Waals surface area contributed by atoms with Crippen molar-refractivity contribution < 1.29 is 14.1 Å². The Hall–Kier alpha value is -3.42. The van der Waals surface area contributed by atoms with Crippen LogP contribution in [-0.2, 0) is 11.4 Å². The van der Waals surface area contributed by atoms with E-state index in [-0.39, 0.29) is 12.5 Å². The predicted molar refractivity (Wildman–Crippen MR) is 93.5 cm³/mol. The Morgan fingerprint density at radius 2 is 2.08 bits per heavy atom. The molecule has 1 aromatic carbocycles. The van der Waals surface area contributed by atoms with Gasteiger partial charge < -0.3 is 19.5 Å². The number of ether oxygens (including phenoxy) is 1. The normalized spacial score (nSPS) is 14.2. The molecule has 0 aliphatic carbocycles. The van der Waals surface area contributed by atoms with Gasteiger partial charge in [-0.3, -0.25) is 4.79 Å². The Balaban J connectivity index is 1.41. The minimum absolute atomic E-state index is 0.00193. The number of para-hydroxylation sites is 1. The second-order valence-corrected chi connectivity index (χ2v) is 5.79. The van der Waals surface area contributed by atoms with Crippen molar-refractivity contribution in [1.82, 2.24) is 20.4 Å². The average molecular weight is 351 g/mol. The fourth-order valence-corrected chi connectivity index (χ4v) is 2.63. The van der Waals surface area contributed by atoms with Crippen molar-refractivity contribution in [2.24, 2.45) is 0 Å². The summed E-state index contributed by atoms with van der Waals surface area (Å²) in [4.78, 5) is 22.1. The van der Waals surface area contributed by atoms with Crippen molar-refractivity contribution in [2.75, 3.05) is 24.5 Å². The molecule has 26 heavy (non-hydrogen) atoms. The third-order valence-corrected chi connectivity index (χ3v) is 3.94. The highest BCUT2D eigenvalue weighted by atomic mass is 16.5. The van der Waals surface area contributed by atoms with Crippen LogP contribution in [0.2, 0.25) is 0 Å². The van der Waals surface area contributed by atoms with Crippen molar-refractivity contribution in [3.05, 3.63) is 54.5 Å². The number of anilines is 1. The molecule has 132 valence electrons. The van der Waals surface area contributed by atoms with Gasteiger partial charge in [-0.25, -0.2) is 4.98 Å². The lowest BCUT2D eigenvalue weighted by Crippen LogP contribution is -2.48. The van der Waals surface area contributed by atoms with Crippen LogP contribution in [0.1, 0.15) is 5.82 Å². The molecule has 0 unspecified atom stereocenters. The monoisotopic (exact) mass is 351 g/mol. The van der Waals surface area contributed by atoms with E-state index in [9.17, 15) is 4.79 Å². The minimum atomic E-state index is 0.00193. The molecule has 0 spiro atoms. The molecule has 0 saturated carbocycles. The smallest absolute Gasteiger partial charge is 0.259 e. The van der Waals surface area contributed by atoms with Gasteiger partial charge in [0.2, 0.25) is 11.7 Å². The number of nitrogens with one attached hydrogen (secondary N) is 1. The van der Waals surface area contributed by atoms with E-state index in [1.54, 1.807) is 6.20 Å². The largest absolute Gasteiger partial charge is 0.485 e. The number of amides is 1. The highest BCUT2D eigenvalue weighted by Gasteiger charge is 2.18. The Bertz CT molecular complexity index is 879. The first kappa shape index (κ1) is 16.1. The topological polar surface area (TPSA) is 93.4 Å². The van der Waals surface area contributed by atoms with Gasteiger partial charge in [0, 0.05) is 19.3 Å². The molecule has 1 aliphatic heterocycles. The summed E-state index contributed by atoms with van der Waals surface area (Å²) in [5.41, 5.74) is 0.716. The molecule has 0 bridgehead atoms. The molecular formula is C18H17N5O3. The molecule has 8 nitrogen and oxygen atoms in total. The van der Waals surface area contributed by atoms with Crippen LogP contribution in [0.3, 0.4) is 0 Å². The summed E-state index contributed by atoms with van der Waals surface area (Å²) in [5.74, 6) is 2.33. The maximum Gasteiger partial charge on any atom is 0.259 e. The van der Waals surface area contributed by atoms with Gasteiger partial charge in [0.05, 0.1) is 12.1 Å². The molecule has 1 saturated heterocycles. The molecule has 8 heteroatoms. The zero-order valence-electron chi connectivity index (χ0n) is 14.0. The van der Waals surface area contributed by atoms with E-state index >= 15 is 0 Å². The second kappa shape index (κ2) is 7.22. The van der Waals surface area contributed by atoms with Crippen LogP contribution in [0.15, 0.2) is 53.2 Å². The van der Waals surface area contributed by atoms with Gasteiger partial charge in [0.1, 0.15) is 11.6 Å². The first-order chi connectivity index (χ1) is 12.8. The number of carbonyl (C=O) groups is 1. The SMILES string of the molecule is O=C1CN(c2ccc(-c3nc(COc4ccccc4)no3)cn2)CCN1. The van der Waals surface area contributed by atoms with E-state index < -0.39 is 0 Å². The molecule has 4 rings (SSSR count). The summed E-state index contributed by atoms with van der Waals surface area (Å²) in [6.07, 6.45) is 1.66. The van der Waals surface area contributed by atoms with E-state index in [0.29, 0.717) is 30.4 Å². The molecule has 2 aromatic heterocycles. The molecule has 0 radical (unpaired) electrons. The van der Waals surface area contributed by atoms with Crippen molar-refractivity contribution in [3.8, 4) is 17.2 Å². The molecule has 1 N–H and O–H groups in total. The molecule has 3 aromatic rings. The fraction of sp³-hybridized carbons (Fsp3) is 0.222. The first-order valence-corrected chi connectivity index (χ1v) is 8.26. The molecule has 0 atom stereocenters. The van der Waals surface area contributed by atoms with Gasteiger partial charge >= 0.3 is 0 Å². The summed E-state index contributed by atoms with van der Waals surface area (Å²) < 4.78 is 10.9. The Kier molecular flexibility index (Phi) is 4.46. The number of hydrogen-bond acceptors (Lipinski definition) is 7. The lowest BCUT2D eigenvalue weighted by atomic mass is 10.2. The Morgan fingerprint density at radius 3 is 2.85 bits per heavy atom. The number of piperazine rings is 1. The zero-order valence-corrected chi connectivity index (χ0v) is 14.0. The van der Waals surface area contributed by atoms with Crippen LogP contribution in [0.25, 0.3) is 11.5 Å². The number of nitrogens with zero attached hydrogens (tertiary/aromatic N) is 4. The minimum Gasteiger partial charge on any atom is -0.485 e. The van der Waals surface area contributed by atoms with Crippen molar-refractivity contribution >= 4 is 11.7 Å². The summed E-state index contributed by atoms with van der Waals surface area (Å²) in [7, 11) is 0. The van der Waals surface area contributed by atoms with Crippen LogP contribution >= 0.6 is 0 Å². The van der Waals surface area contributed by atoms with Gasteiger partial charge in [0.25, 0.3) is 5.89 Å². The highest BCUT2D eigenvalue weighted by Crippen LogP contribution is 2.20. The highest BCUT2D eigenvalue weighted by molar-refractivity contribution is 5.82. The zero-order chi connectivity index (χ0) is 17.8. The van der Waals surface area contributed by atoms with Crippen molar-refractivity contribution in [3.63, 3.8) is 0 Å². The van der Waals surface area contributed by atoms with E-state index in [1.165, 1.54) is 0 Å². The van der Waals surface area contributed by atoms with Gasteiger partial charge in [-0.1, -0.05) is 23.4 Å². The lowest BCUT2D eigenvalue weighted by molar-refractivity contribution is -0.120. The summed E-state index contributed by atoms with van der Waals surface area (Å²) in [5, 5.41) is 6.72. The van der Waals surface area contributed by atoms with E-state index in [0.717, 1.165) is 18.1 Å². The first-order valence-electron chi connectivity index (χ1n) is 8.26. The number of carbonyl (C=O) groups excluding carboxylic acids is 1. The van der Waals surface area contributed by atoms with E-state index in [1.807, 2.05) is 47.4 Å². The van der Waals surface area contributed by atoms with Crippen molar-refractivity contribution in [1.29, 1.82) is 0 Å². The Labute approximate surface area is 149 Å². The van der Waals surface area contributed by atoms with Crippen LogP contribution < -0.4 is 15.0 Å².